The van der Waals surface area contributed by atoms with Crippen LogP contribution in [0, 0.1) is 0 Å². The van der Waals surface area contributed by atoms with Gasteiger partial charge in [0.25, 0.3) is 0 Å². The third kappa shape index (κ3) is 4.42. The van der Waals surface area contributed by atoms with Crippen LogP contribution < -0.4 is 10.1 Å². The quantitative estimate of drug-likeness (QED) is 0.717. The number of rotatable bonds is 9. The first-order valence-corrected chi connectivity index (χ1v) is 8.00. The average Bonchev–Trinajstić information content (AvgIpc) is 2.56. The molecule has 0 fully saturated rings. The highest BCUT2D eigenvalue weighted by Gasteiger charge is 2.11. The Balaban J connectivity index is 2.23. The van der Waals surface area contributed by atoms with Gasteiger partial charge in [-0.1, -0.05) is 13.0 Å². The summed E-state index contributed by atoms with van der Waals surface area (Å²) in [6.07, 6.45) is 3.81. The molecule has 1 aromatic heterocycles. The van der Waals surface area contributed by atoms with Crippen LogP contribution in [0.4, 0.5) is 0 Å². The van der Waals surface area contributed by atoms with Crippen molar-refractivity contribution in [1.29, 1.82) is 0 Å². The minimum atomic E-state index is 0.297. The van der Waals surface area contributed by atoms with E-state index >= 15 is 0 Å². The summed E-state index contributed by atoms with van der Waals surface area (Å²) in [5.74, 6) is 0.856. The number of nitrogens with zero attached hydrogens (tertiary/aromatic N) is 1. The van der Waals surface area contributed by atoms with Crippen molar-refractivity contribution >= 4 is 10.9 Å². The molecule has 0 radical (unpaired) electrons. The number of fused-ring (bicyclic) bond motifs is 1. The van der Waals surface area contributed by atoms with E-state index in [0.29, 0.717) is 19.3 Å². The van der Waals surface area contributed by atoms with Crippen molar-refractivity contribution < 1.29 is 9.47 Å². The number of hydrogen-bond donors (Lipinski definition) is 1. The lowest BCUT2D eigenvalue weighted by Gasteiger charge is -2.17. The third-order valence-electron chi connectivity index (χ3n) is 3.64. The Morgan fingerprint density at radius 1 is 1.27 bits per heavy atom. The highest BCUT2D eigenvalue weighted by molar-refractivity contribution is 5.85. The Morgan fingerprint density at radius 2 is 2.14 bits per heavy atom. The molecule has 1 N–H and O–H groups in total. The molecular weight excluding hydrogens is 276 g/mol. The summed E-state index contributed by atoms with van der Waals surface area (Å²) in [5.41, 5.74) is 2.15. The zero-order chi connectivity index (χ0) is 15.8. The van der Waals surface area contributed by atoms with Gasteiger partial charge in [-0.3, -0.25) is 4.98 Å². The molecule has 0 bridgehead atoms. The maximum atomic E-state index is 5.95. The lowest BCUT2D eigenvalue weighted by molar-refractivity contribution is 0.172. The molecule has 1 unspecified atom stereocenters. The zero-order valence-corrected chi connectivity index (χ0v) is 13.8. The first-order valence-electron chi connectivity index (χ1n) is 8.00. The number of hydrogen-bond acceptors (Lipinski definition) is 4. The van der Waals surface area contributed by atoms with Gasteiger partial charge >= 0.3 is 0 Å². The minimum Gasteiger partial charge on any atom is -0.491 e. The predicted molar refractivity (Wildman–Crippen MR) is 90.4 cm³/mol. The lowest BCUT2D eigenvalue weighted by Crippen LogP contribution is -2.19. The topological polar surface area (TPSA) is 43.4 Å². The highest BCUT2D eigenvalue weighted by atomic mass is 16.5. The van der Waals surface area contributed by atoms with Crippen molar-refractivity contribution in [3.63, 3.8) is 0 Å². The standard InChI is InChI=1S/C18H26N2O2/c1-4-8-19-14(2)16-12-15-7-5-9-20-18(15)17(13-16)22-11-6-10-21-3/h5,7,9,12-14,19H,4,6,8,10-11H2,1-3H3. The van der Waals surface area contributed by atoms with Crippen molar-refractivity contribution in [2.75, 3.05) is 26.9 Å². The fourth-order valence-electron chi connectivity index (χ4n) is 2.41. The number of methoxy groups -OCH3 is 1. The Kier molecular flexibility index (Phi) is 6.62. The fourth-order valence-corrected chi connectivity index (χ4v) is 2.41. The van der Waals surface area contributed by atoms with Crippen LogP contribution in [-0.4, -0.2) is 31.9 Å². The molecule has 1 atom stereocenters. The Labute approximate surface area is 132 Å². The highest BCUT2D eigenvalue weighted by Crippen LogP contribution is 2.28. The van der Waals surface area contributed by atoms with Crippen molar-refractivity contribution in [2.24, 2.45) is 0 Å². The van der Waals surface area contributed by atoms with Crippen molar-refractivity contribution in [2.45, 2.75) is 32.7 Å². The van der Waals surface area contributed by atoms with Gasteiger partial charge in [-0.05, 0) is 43.7 Å². The Hall–Kier alpha value is -1.65. The molecule has 120 valence electrons. The van der Waals surface area contributed by atoms with E-state index in [1.165, 1.54) is 5.56 Å². The van der Waals surface area contributed by atoms with Crippen molar-refractivity contribution in [3.05, 3.63) is 36.0 Å². The van der Waals surface area contributed by atoms with Crippen LogP contribution in [0.1, 0.15) is 38.3 Å². The van der Waals surface area contributed by atoms with Gasteiger partial charge in [0.1, 0.15) is 11.3 Å². The SMILES string of the molecule is CCCNC(C)c1cc(OCCCOC)c2ncccc2c1. The van der Waals surface area contributed by atoms with Crippen LogP contribution in [0.25, 0.3) is 10.9 Å². The maximum Gasteiger partial charge on any atom is 0.145 e. The molecule has 22 heavy (non-hydrogen) atoms. The molecule has 0 amide bonds. The van der Waals surface area contributed by atoms with Crippen molar-refractivity contribution in [1.82, 2.24) is 10.3 Å². The van der Waals surface area contributed by atoms with E-state index in [1.807, 2.05) is 12.3 Å². The minimum absolute atomic E-state index is 0.297. The van der Waals surface area contributed by atoms with Crippen LogP contribution in [0.5, 0.6) is 5.75 Å². The smallest absolute Gasteiger partial charge is 0.145 e. The van der Waals surface area contributed by atoms with Gasteiger partial charge in [0, 0.05) is 37.8 Å². The van der Waals surface area contributed by atoms with Gasteiger partial charge < -0.3 is 14.8 Å². The molecule has 2 aromatic rings. The van der Waals surface area contributed by atoms with Crippen LogP contribution >= 0.6 is 0 Å². The first-order chi connectivity index (χ1) is 10.8. The molecule has 0 aliphatic heterocycles. The van der Waals surface area contributed by atoms with Crippen LogP contribution in [0.15, 0.2) is 30.5 Å². The summed E-state index contributed by atoms with van der Waals surface area (Å²) in [6, 6.07) is 8.64. The summed E-state index contributed by atoms with van der Waals surface area (Å²) in [5, 5.41) is 4.64. The second-order valence-electron chi connectivity index (χ2n) is 5.46. The molecule has 4 heteroatoms. The summed E-state index contributed by atoms with van der Waals surface area (Å²) in [6.45, 7) is 6.71. The van der Waals surface area contributed by atoms with Gasteiger partial charge in [-0.15, -0.1) is 0 Å². The molecule has 0 saturated carbocycles. The van der Waals surface area contributed by atoms with Gasteiger partial charge in [0.15, 0.2) is 0 Å². The molecule has 0 spiro atoms. The molecular formula is C18H26N2O2. The van der Waals surface area contributed by atoms with E-state index in [0.717, 1.165) is 36.0 Å². The van der Waals surface area contributed by atoms with E-state index in [2.05, 4.69) is 42.3 Å². The monoisotopic (exact) mass is 302 g/mol. The van der Waals surface area contributed by atoms with E-state index in [9.17, 15) is 0 Å². The number of pyridine rings is 1. The molecule has 1 heterocycles. The van der Waals surface area contributed by atoms with Gasteiger partial charge in [0.05, 0.1) is 6.61 Å². The first kappa shape index (κ1) is 16.7. The van der Waals surface area contributed by atoms with E-state index in [-0.39, 0.29) is 0 Å². The van der Waals surface area contributed by atoms with Crippen molar-refractivity contribution in [3.8, 4) is 5.75 Å². The Bertz CT molecular complexity index is 586. The molecule has 0 aliphatic carbocycles. The summed E-state index contributed by atoms with van der Waals surface area (Å²) in [4.78, 5) is 4.47. The normalized spacial score (nSPS) is 12.5. The number of ether oxygens (including phenoxy) is 2. The maximum absolute atomic E-state index is 5.95. The average molecular weight is 302 g/mol. The van der Waals surface area contributed by atoms with Gasteiger partial charge in [-0.2, -0.15) is 0 Å². The Morgan fingerprint density at radius 3 is 2.91 bits per heavy atom. The summed E-state index contributed by atoms with van der Waals surface area (Å²) < 4.78 is 11.0. The fraction of sp³-hybridized carbons (Fsp3) is 0.500. The molecule has 0 aliphatic rings. The third-order valence-corrected chi connectivity index (χ3v) is 3.64. The summed E-state index contributed by atoms with van der Waals surface area (Å²) in [7, 11) is 1.71. The van der Waals surface area contributed by atoms with Gasteiger partial charge in [-0.25, -0.2) is 0 Å². The zero-order valence-electron chi connectivity index (χ0n) is 13.8. The predicted octanol–water partition coefficient (Wildman–Crippen LogP) is 3.71. The van der Waals surface area contributed by atoms with E-state index in [4.69, 9.17) is 9.47 Å². The van der Waals surface area contributed by atoms with Crippen LogP contribution in [-0.2, 0) is 4.74 Å². The van der Waals surface area contributed by atoms with E-state index < -0.39 is 0 Å². The number of aromatic nitrogens is 1. The second-order valence-corrected chi connectivity index (χ2v) is 5.46. The molecule has 1 aromatic carbocycles. The van der Waals surface area contributed by atoms with Crippen LogP contribution in [0.2, 0.25) is 0 Å². The lowest BCUT2D eigenvalue weighted by atomic mass is 10.0. The number of benzene rings is 1. The molecule has 4 nitrogen and oxygen atoms in total. The van der Waals surface area contributed by atoms with Crippen LogP contribution in [0.3, 0.4) is 0 Å². The van der Waals surface area contributed by atoms with Gasteiger partial charge in [0.2, 0.25) is 0 Å². The molecule has 0 saturated heterocycles. The summed E-state index contributed by atoms with van der Waals surface area (Å²) >= 11 is 0. The number of nitrogens with one attached hydrogen (secondary N) is 1. The van der Waals surface area contributed by atoms with E-state index in [1.54, 1.807) is 7.11 Å². The molecule has 2 rings (SSSR count). The largest absolute Gasteiger partial charge is 0.491 e. The second kappa shape index (κ2) is 8.71.